The minimum absolute atomic E-state index is 1.04. The maximum absolute atomic E-state index is 3.81. The molecule has 0 N–H and O–H groups in total. The highest BCUT2D eigenvalue weighted by atomic mass is 32.2. The minimum atomic E-state index is 1.04. The molecule has 4 rings (SSSR count). The Morgan fingerprint density at radius 1 is 0.522 bits per heavy atom. The Labute approximate surface area is 136 Å². The monoisotopic (exact) mass is 320 g/mol. The molecule has 0 amide bonds. The van der Waals surface area contributed by atoms with Gasteiger partial charge in [-0.05, 0) is 48.5 Å². The second-order valence-corrected chi connectivity index (χ2v) is 5.98. The van der Waals surface area contributed by atoms with Gasteiger partial charge < -0.3 is 0 Å². The molecule has 2 heterocycles. The van der Waals surface area contributed by atoms with Crippen LogP contribution >= 0.6 is 11.8 Å². The lowest BCUT2D eigenvalue weighted by molar-refractivity contribution is 1.05. The zero-order valence-electron chi connectivity index (χ0n) is 12.0. The van der Waals surface area contributed by atoms with Crippen LogP contribution in [0, 0.1) is 0 Å². The first-order valence-corrected chi connectivity index (χ1v) is 7.78. The van der Waals surface area contributed by atoms with Crippen LogP contribution < -0.4 is 0 Å². The predicted molar refractivity (Wildman–Crippen MR) is 86.8 cm³/mol. The van der Waals surface area contributed by atoms with Crippen LogP contribution in [-0.4, -0.2) is 29.5 Å². The molecule has 0 bridgehead atoms. The van der Waals surface area contributed by atoms with E-state index in [2.05, 4.69) is 68.9 Å². The average molecular weight is 320 g/mol. The average Bonchev–Trinajstić information content (AvgIpc) is 3.30. The van der Waals surface area contributed by atoms with Gasteiger partial charge in [0.15, 0.2) is 0 Å². The normalized spacial score (nSPS) is 10.8. The Kier molecular flexibility index (Phi) is 3.61. The van der Waals surface area contributed by atoms with Crippen LogP contribution in [0.2, 0.25) is 0 Å². The summed E-state index contributed by atoms with van der Waals surface area (Å²) in [7, 11) is 0. The first-order valence-electron chi connectivity index (χ1n) is 6.96. The SMILES string of the molecule is c1cc(-n2cnnc2)ccc1Sc1ccc(-n2cnnc2)cc1. The van der Waals surface area contributed by atoms with Gasteiger partial charge in [-0.2, -0.15) is 0 Å². The van der Waals surface area contributed by atoms with Crippen LogP contribution in [0.4, 0.5) is 0 Å². The maximum atomic E-state index is 3.81. The van der Waals surface area contributed by atoms with Gasteiger partial charge in [-0.25, -0.2) is 0 Å². The molecule has 0 aliphatic carbocycles. The molecular weight excluding hydrogens is 308 g/mol. The Hall–Kier alpha value is -2.93. The first-order chi connectivity index (χ1) is 11.4. The number of benzene rings is 2. The number of aromatic nitrogens is 6. The van der Waals surface area contributed by atoms with Crippen molar-refractivity contribution in [3.63, 3.8) is 0 Å². The van der Waals surface area contributed by atoms with Crippen molar-refractivity contribution >= 4 is 11.8 Å². The molecule has 112 valence electrons. The van der Waals surface area contributed by atoms with Crippen molar-refractivity contribution in [2.75, 3.05) is 0 Å². The summed E-state index contributed by atoms with van der Waals surface area (Å²) >= 11 is 1.72. The van der Waals surface area contributed by atoms with Gasteiger partial charge in [0.25, 0.3) is 0 Å². The van der Waals surface area contributed by atoms with Crippen molar-refractivity contribution in [1.29, 1.82) is 0 Å². The van der Waals surface area contributed by atoms with E-state index in [9.17, 15) is 0 Å². The second kappa shape index (κ2) is 6.05. The van der Waals surface area contributed by atoms with Crippen LogP contribution in [0.5, 0.6) is 0 Å². The Morgan fingerprint density at radius 2 is 0.870 bits per heavy atom. The zero-order valence-corrected chi connectivity index (χ0v) is 12.8. The summed E-state index contributed by atoms with van der Waals surface area (Å²) < 4.78 is 3.75. The van der Waals surface area contributed by atoms with E-state index < -0.39 is 0 Å². The lowest BCUT2D eigenvalue weighted by atomic mass is 10.3. The summed E-state index contributed by atoms with van der Waals surface area (Å²) in [5, 5.41) is 15.3. The van der Waals surface area contributed by atoms with Crippen molar-refractivity contribution in [1.82, 2.24) is 29.5 Å². The lowest BCUT2D eigenvalue weighted by Gasteiger charge is -2.06. The summed E-state index contributed by atoms with van der Waals surface area (Å²) in [6.07, 6.45) is 6.75. The highest BCUT2D eigenvalue weighted by Gasteiger charge is 2.01. The fraction of sp³-hybridized carbons (Fsp3) is 0. The zero-order chi connectivity index (χ0) is 15.5. The second-order valence-electron chi connectivity index (χ2n) is 4.83. The number of hydrogen-bond donors (Lipinski definition) is 0. The molecule has 0 unspecified atom stereocenters. The third-order valence-corrected chi connectivity index (χ3v) is 4.36. The highest BCUT2D eigenvalue weighted by Crippen LogP contribution is 2.28. The fourth-order valence-corrected chi connectivity index (χ4v) is 2.99. The Bertz CT molecular complexity index is 792. The van der Waals surface area contributed by atoms with Gasteiger partial charge >= 0.3 is 0 Å². The standard InChI is InChI=1S/C16H12N6S/c1-5-15(6-2-13(1)21-9-17-18-10-21)23-16-7-3-14(4-8-16)22-11-19-20-12-22/h1-12H. The van der Waals surface area contributed by atoms with E-state index >= 15 is 0 Å². The molecule has 0 spiro atoms. The van der Waals surface area contributed by atoms with E-state index in [1.54, 1.807) is 37.1 Å². The van der Waals surface area contributed by atoms with Crippen molar-refractivity contribution in [3.8, 4) is 11.4 Å². The van der Waals surface area contributed by atoms with E-state index in [1.807, 2.05) is 9.13 Å². The van der Waals surface area contributed by atoms with Crippen molar-refractivity contribution in [3.05, 3.63) is 73.8 Å². The summed E-state index contributed by atoms with van der Waals surface area (Å²) in [6, 6.07) is 16.6. The van der Waals surface area contributed by atoms with Crippen LogP contribution in [-0.2, 0) is 0 Å². The van der Waals surface area contributed by atoms with Gasteiger partial charge in [0.05, 0.1) is 0 Å². The molecule has 0 saturated carbocycles. The molecule has 2 aromatic heterocycles. The Morgan fingerprint density at radius 3 is 1.22 bits per heavy atom. The van der Waals surface area contributed by atoms with Gasteiger partial charge in [0, 0.05) is 21.2 Å². The molecule has 23 heavy (non-hydrogen) atoms. The van der Waals surface area contributed by atoms with E-state index in [1.165, 1.54) is 9.79 Å². The molecule has 0 radical (unpaired) electrons. The topological polar surface area (TPSA) is 61.4 Å². The molecule has 0 atom stereocenters. The van der Waals surface area contributed by atoms with Crippen LogP contribution in [0.25, 0.3) is 11.4 Å². The van der Waals surface area contributed by atoms with Gasteiger partial charge in [0.1, 0.15) is 25.3 Å². The highest BCUT2D eigenvalue weighted by molar-refractivity contribution is 7.99. The maximum Gasteiger partial charge on any atom is 0.123 e. The van der Waals surface area contributed by atoms with Gasteiger partial charge in [0.2, 0.25) is 0 Å². The Balaban J connectivity index is 1.49. The summed E-state index contributed by atoms with van der Waals surface area (Å²) in [4.78, 5) is 2.36. The first kappa shape index (κ1) is 13.7. The molecule has 4 aromatic rings. The number of nitrogens with zero attached hydrogens (tertiary/aromatic N) is 6. The number of rotatable bonds is 4. The molecule has 0 aliphatic heterocycles. The van der Waals surface area contributed by atoms with Gasteiger partial charge in [-0.1, -0.05) is 11.8 Å². The third-order valence-electron chi connectivity index (χ3n) is 3.34. The third kappa shape index (κ3) is 3.00. The van der Waals surface area contributed by atoms with Gasteiger partial charge in [-0.3, -0.25) is 9.13 Å². The molecule has 0 saturated heterocycles. The molecule has 0 aliphatic rings. The molecule has 6 nitrogen and oxygen atoms in total. The van der Waals surface area contributed by atoms with E-state index in [0.29, 0.717) is 0 Å². The molecule has 2 aromatic carbocycles. The van der Waals surface area contributed by atoms with E-state index in [4.69, 9.17) is 0 Å². The summed E-state index contributed by atoms with van der Waals surface area (Å²) in [5.74, 6) is 0. The molecular formula is C16H12N6S. The lowest BCUT2D eigenvalue weighted by Crippen LogP contribution is -1.89. The number of hydrogen-bond acceptors (Lipinski definition) is 5. The molecule has 0 fully saturated rings. The largest absolute Gasteiger partial charge is 0.288 e. The minimum Gasteiger partial charge on any atom is -0.288 e. The molecule has 7 heteroatoms. The fourth-order valence-electron chi connectivity index (χ4n) is 2.18. The van der Waals surface area contributed by atoms with Crippen LogP contribution in [0.1, 0.15) is 0 Å². The predicted octanol–water partition coefficient (Wildman–Crippen LogP) is 3.00. The van der Waals surface area contributed by atoms with Gasteiger partial charge in [-0.15, -0.1) is 20.4 Å². The van der Waals surface area contributed by atoms with Crippen molar-refractivity contribution < 1.29 is 0 Å². The van der Waals surface area contributed by atoms with E-state index in [-0.39, 0.29) is 0 Å². The van der Waals surface area contributed by atoms with Crippen molar-refractivity contribution in [2.45, 2.75) is 9.79 Å². The quantitative estimate of drug-likeness (QED) is 0.578. The smallest absolute Gasteiger partial charge is 0.123 e. The van der Waals surface area contributed by atoms with Crippen molar-refractivity contribution in [2.24, 2.45) is 0 Å². The van der Waals surface area contributed by atoms with Crippen LogP contribution in [0.3, 0.4) is 0 Å². The summed E-state index contributed by atoms with van der Waals surface area (Å²) in [5.41, 5.74) is 2.09. The summed E-state index contributed by atoms with van der Waals surface area (Å²) in [6.45, 7) is 0. The van der Waals surface area contributed by atoms with E-state index in [0.717, 1.165) is 11.4 Å². The van der Waals surface area contributed by atoms with Crippen LogP contribution in [0.15, 0.2) is 83.6 Å².